The highest BCUT2D eigenvalue weighted by Crippen LogP contribution is 2.32. The summed E-state index contributed by atoms with van der Waals surface area (Å²) in [5.74, 6) is 1.49. The van der Waals surface area contributed by atoms with Crippen LogP contribution in [0.4, 0.5) is 4.79 Å². The number of carbonyl (C=O) groups is 1. The van der Waals surface area contributed by atoms with Gasteiger partial charge in [0.25, 0.3) is 0 Å². The lowest BCUT2D eigenvalue weighted by atomic mass is 10.2. The Morgan fingerprint density at radius 1 is 1.29 bits per heavy atom. The number of nitrogens with zero attached hydrogens (tertiary/aromatic N) is 2. The lowest BCUT2D eigenvalue weighted by Gasteiger charge is -2.30. The van der Waals surface area contributed by atoms with Gasteiger partial charge in [-0.2, -0.15) is 0 Å². The molecule has 7 nitrogen and oxygen atoms in total. The Balaban J connectivity index is 1.47. The summed E-state index contributed by atoms with van der Waals surface area (Å²) in [6.45, 7) is 7.03. The standard InChI is InChI=1S/C17H25N3O4/c1-13(10-20-5-7-22-8-6-20)18-17(21)19(2)11-14-3-4-15-16(9-14)24-12-23-15/h3-4,9,13H,5-8,10-12H2,1-2H3,(H,18,21)/t13-/m0/s1. The number of hydrogen-bond acceptors (Lipinski definition) is 5. The van der Waals surface area contributed by atoms with Crippen LogP contribution in [-0.4, -0.2) is 68.6 Å². The number of fused-ring (bicyclic) bond motifs is 1. The fraction of sp³-hybridized carbons (Fsp3) is 0.588. The molecule has 132 valence electrons. The minimum Gasteiger partial charge on any atom is -0.454 e. The summed E-state index contributed by atoms with van der Waals surface area (Å²) in [5, 5.41) is 3.05. The molecule has 1 saturated heterocycles. The third-order valence-corrected chi connectivity index (χ3v) is 4.21. The van der Waals surface area contributed by atoms with Crippen molar-refractivity contribution in [3.63, 3.8) is 0 Å². The van der Waals surface area contributed by atoms with Gasteiger partial charge in [-0.1, -0.05) is 6.07 Å². The number of urea groups is 1. The predicted octanol–water partition coefficient (Wildman–Crippen LogP) is 1.28. The van der Waals surface area contributed by atoms with Gasteiger partial charge in [0.05, 0.1) is 13.2 Å². The van der Waals surface area contributed by atoms with Gasteiger partial charge in [-0.25, -0.2) is 4.79 Å². The zero-order chi connectivity index (χ0) is 16.9. The summed E-state index contributed by atoms with van der Waals surface area (Å²) >= 11 is 0. The van der Waals surface area contributed by atoms with Crippen LogP contribution in [0.25, 0.3) is 0 Å². The maximum Gasteiger partial charge on any atom is 0.317 e. The van der Waals surface area contributed by atoms with Crippen LogP contribution in [0.15, 0.2) is 18.2 Å². The molecule has 7 heteroatoms. The maximum absolute atomic E-state index is 12.3. The van der Waals surface area contributed by atoms with Gasteiger partial charge in [0.2, 0.25) is 6.79 Å². The highest BCUT2D eigenvalue weighted by Gasteiger charge is 2.18. The lowest BCUT2D eigenvalue weighted by Crippen LogP contribution is -2.48. The summed E-state index contributed by atoms with van der Waals surface area (Å²) in [4.78, 5) is 16.3. The number of amides is 2. The molecule has 0 bridgehead atoms. The van der Waals surface area contributed by atoms with E-state index in [-0.39, 0.29) is 18.9 Å². The normalized spacial score (nSPS) is 18.2. The Morgan fingerprint density at radius 2 is 2.04 bits per heavy atom. The van der Waals surface area contributed by atoms with E-state index >= 15 is 0 Å². The average Bonchev–Trinajstić information content (AvgIpc) is 3.03. The van der Waals surface area contributed by atoms with E-state index in [4.69, 9.17) is 14.2 Å². The minimum atomic E-state index is -0.0755. The van der Waals surface area contributed by atoms with Gasteiger partial charge in [0.1, 0.15) is 0 Å². The van der Waals surface area contributed by atoms with Crippen molar-refractivity contribution in [2.24, 2.45) is 0 Å². The van der Waals surface area contributed by atoms with Crippen molar-refractivity contribution in [1.82, 2.24) is 15.1 Å². The molecule has 2 heterocycles. The Labute approximate surface area is 142 Å². The van der Waals surface area contributed by atoms with Gasteiger partial charge >= 0.3 is 6.03 Å². The number of nitrogens with one attached hydrogen (secondary N) is 1. The van der Waals surface area contributed by atoms with Gasteiger partial charge in [0.15, 0.2) is 11.5 Å². The number of rotatable bonds is 5. The second kappa shape index (κ2) is 7.72. The molecule has 1 N–H and O–H groups in total. The first kappa shape index (κ1) is 16.9. The van der Waals surface area contributed by atoms with Crippen LogP contribution in [0.2, 0.25) is 0 Å². The van der Waals surface area contributed by atoms with Gasteiger partial charge in [-0.05, 0) is 24.6 Å². The highest BCUT2D eigenvalue weighted by molar-refractivity contribution is 5.74. The molecule has 1 aromatic rings. The SMILES string of the molecule is C[C@@H](CN1CCOCC1)NC(=O)N(C)Cc1ccc2c(c1)OCO2. The molecule has 1 atom stereocenters. The molecule has 1 aromatic carbocycles. The zero-order valence-electron chi connectivity index (χ0n) is 14.3. The first-order valence-corrected chi connectivity index (χ1v) is 8.32. The van der Waals surface area contributed by atoms with Gasteiger partial charge in [0, 0.05) is 39.3 Å². The van der Waals surface area contributed by atoms with E-state index in [2.05, 4.69) is 10.2 Å². The fourth-order valence-electron chi connectivity index (χ4n) is 2.92. The van der Waals surface area contributed by atoms with Crippen molar-refractivity contribution in [3.05, 3.63) is 23.8 Å². The highest BCUT2D eigenvalue weighted by atomic mass is 16.7. The maximum atomic E-state index is 12.3. The molecule has 0 aliphatic carbocycles. The molecule has 24 heavy (non-hydrogen) atoms. The molecule has 0 saturated carbocycles. The van der Waals surface area contributed by atoms with E-state index in [0.29, 0.717) is 6.54 Å². The van der Waals surface area contributed by atoms with Gasteiger partial charge in [-0.15, -0.1) is 0 Å². The molecule has 2 amide bonds. The first-order valence-electron chi connectivity index (χ1n) is 8.32. The average molecular weight is 335 g/mol. The summed E-state index contributed by atoms with van der Waals surface area (Å²) in [5.41, 5.74) is 1.01. The molecule has 0 aromatic heterocycles. The first-order chi connectivity index (χ1) is 11.6. The molecule has 3 rings (SSSR count). The smallest absolute Gasteiger partial charge is 0.317 e. The van der Waals surface area contributed by atoms with E-state index in [9.17, 15) is 4.79 Å². The summed E-state index contributed by atoms with van der Waals surface area (Å²) in [6, 6.07) is 5.77. The van der Waals surface area contributed by atoms with Crippen LogP contribution in [-0.2, 0) is 11.3 Å². The summed E-state index contributed by atoms with van der Waals surface area (Å²) in [6.07, 6.45) is 0. The Kier molecular flexibility index (Phi) is 5.42. The monoisotopic (exact) mass is 335 g/mol. The molecule has 0 spiro atoms. The zero-order valence-corrected chi connectivity index (χ0v) is 14.3. The van der Waals surface area contributed by atoms with E-state index in [0.717, 1.165) is 49.9 Å². The van der Waals surface area contributed by atoms with Crippen LogP contribution < -0.4 is 14.8 Å². The van der Waals surface area contributed by atoms with E-state index in [1.54, 1.807) is 11.9 Å². The number of carbonyl (C=O) groups excluding carboxylic acids is 1. The van der Waals surface area contributed by atoms with Crippen LogP contribution in [0, 0.1) is 0 Å². The van der Waals surface area contributed by atoms with Gasteiger partial charge in [-0.3, -0.25) is 4.90 Å². The van der Waals surface area contributed by atoms with Crippen molar-refractivity contribution in [2.75, 3.05) is 46.7 Å². The second-order valence-electron chi connectivity index (χ2n) is 6.31. The Morgan fingerprint density at radius 3 is 2.83 bits per heavy atom. The fourth-order valence-corrected chi connectivity index (χ4v) is 2.92. The van der Waals surface area contributed by atoms with E-state index in [1.807, 2.05) is 25.1 Å². The van der Waals surface area contributed by atoms with Gasteiger partial charge < -0.3 is 24.4 Å². The molecule has 2 aliphatic rings. The number of ether oxygens (including phenoxy) is 3. The summed E-state index contributed by atoms with van der Waals surface area (Å²) < 4.78 is 16.0. The molecule has 0 radical (unpaired) electrons. The third kappa shape index (κ3) is 4.30. The Hall–Kier alpha value is -1.99. The van der Waals surface area contributed by atoms with Crippen LogP contribution in [0.3, 0.4) is 0 Å². The largest absolute Gasteiger partial charge is 0.454 e. The van der Waals surface area contributed by atoms with Crippen molar-refractivity contribution >= 4 is 6.03 Å². The number of benzene rings is 1. The molecular weight excluding hydrogens is 310 g/mol. The number of hydrogen-bond donors (Lipinski definition) is 1. The minimum absolute atomic E-state index is 0.0755. The molecule has 2 aliphatic heterocycles. The predicted molar refractivity (Wildman–Crippen MR) is 89.3 cm³/mol. The van der Waals surface area contributed by atoms with Crippen molar-refractivity contribution in [3.8, 4) is 11.5 Å². The second-order valence-corrected chi connectivity index (χ2v) is 6.31. The van der Waals surface area contributed by atoms with Crippen LogP contribution in [0.5, 0.6) is 11.5 Å². The quantitative estimate of drug-likeness (QED) is 0.878. The Bertz CT molecular complexity index is 575. The van der Waals surface area contributed by atoms with Crippen LogP contribution in [0.1, 0.15) is 12.5 Å². The third-order valence-electron chi connectivity index (χ3n) is 4.21. The topological polar surface area (TPSA) is 63.3 Å². The van der Waals surface area contributed by atoms with Crippen LogP contribution >= 0.6 is 0 Å². The van der Waals surface area contributed by atoms with Crippen molar-refractivity contribution < 1.29 is 19.0 Å². The van der Waals surface area contributed by atoms with Crippen molar-refractivity contribution in [2.45, 2.75) is 19.5 Å². The van der Waals surface area contributed by atoms with E-state index in [1.165, 1.54) is 0 Å². The van der Waals surface area contributed by atoms with E-state index < -0.39 is 0 Å². The molecule has 1 fully saturated rings. The molecular formula is C17H25N3O4. The lowest BCUT2D eigenvalue weighted by molar-refractivity contribution is 0.0347. The van der Waals surface area contributed by atoms with Crippen molar-refractivity contribution in [1.29, 1.82) is 0 Å². The molecule has 0 unspecified atom stereocenters. The number of morpholine rings is 1. The summed E-state index contributed by atoms with van der Waals surface area (Å²) in [7, 11) is 1.79.